The average molecular weight is 317 g/mol. The van der Waals surface area contributed by atoms with Gasteiger partial charge in [-0.05, 0) is 46.1 Å². The molecule has 0 aromatic carbocycles. The van der Waals surface area contributed by atoms with Gasteiger partial charge in [-0.1, -0.05) is 19.3 Å². The van der Waals surface area contributed by atoms with Gasteiger partial charge in [0, 0.05) is 31.7 Å². The summed E-state index contributed by atoms with van der Waals surface area (Å²) in [6.45, 7) is 7.33. The van der Waals surface area contributed by atoms with E-state index in [2.05, 4.69) is 23.5 Å². The molecule has 0 aromatic rings. The van der Waals surface area contributed by atoms with E-state index in [0.29, 0.717) is 25.7 Å². The van der Waals surface area contributed by atoms with Crippen LogP contribution in [0.3, 0.4) is 0 Å². The summed E-state index contributed by atoms with van der Waals surface area (Å²) in [6, 6.07) is 0.832. The van der Waals surface area contributed by atoms with E-state index >= 15 is 0 Å². The molecule has 0 radical (unpaired) electrons. The molecular weight excluding hydrogens is 286 g/mol. The van der Waals surface area contributed by atoms with Gasteiger partial charge in [-0.25, -0.2) is 4.72 Å². The Balaban J connectivity index is 1.85. The summed E-state index contributed by atoms with van der Waals surface area (Å²) in [5, 5.41) is 0. The third kappa shape index (κ3) is 4.91. The quantitative estimate of drug-likeness (QED) is 0.843. The molecule has 2 heterocycles. The molecular formula is C15H31N3O2S. The first-order chi connectivity index (χ1) is 10.0. The molecule has 2 aliphatic heterocycles. The van der Waals surface area contributed by atoms with Crippen molar-refractivity contribution in [3.63, 3.8) is 0 Å². The lowest BCUT2D eigenvalue weighted by Gasteiger charge is -2.38. The first kappa shape index (κ1) is 17.2. The fourth-order valence-electron chi connectivity index (χ4n) is 3.49. The maximum Gasteiger partial charge on any atom is 0.279 e. The molecule has 2 aliphatic rings. The zero-order valence-electron chi connectivity index (χ0n) is 13.6. The van der Waals surface area contributed by atoms with E-state index in [1.165, 1.54) is 19.3 Å². The van der Waals surface area contributed by atoms with E-state index < -0.39 is 10.2 Å². The summed E-state index contributed by atoms with van der Waals surface area (Å²) in [6.07, 6.45) is 8.02. The normalized spacial score (nSPS) is 28.2. The van der Waals surface area contributed by atoms with Crippen molar-refractivity contribution in [3.8, 4) is 0 Å². The van der Waals surface area contributed by atoms with Crippen molar-refractivity contribution in [2.75, 3.05) is 26.2 Å². The monoisotopic (exact) mass is 317 g/mol. The molecule has 21 heavy (non-hydrogen) atoms. The number of nitrogens with one attached hydrogen (secondary N) is 1. The van der Waals surface area contributed by atoms with Crippen molar-refractivity contribution in [1.82, 2.24) is 13.9 Å². The van der Waals surface area contributed by atoms with E-state index in [1.807, 2.05) is 0 Å². The molecule has 0 amide bonds. The van der Waals surface area contributed by atoms with Crippen molar-refractivity contribution < 1.29 is 8.42 Å². The lowest BCUT2D eigenvalue weighted by Crippen LogP contribution is -2.50. The largest absolute Gasteiger partial charge is 0.297 e. The zero-order chi connectivity index (χ0) is 15.3. The van der Waals surface area contributed by atoms with Crippen LogP contribution in [-0.4, -0.2) is 55.9 Å². The van der Waals surface area contributed by atoms with Crippen LogP contribution in [-0.2, 0) is 10.2 Å². The molecule has 6 heteroatoms. The van der Waals surface area contributed by atoms with Crippen molar-refractivity contribution >= 4 is 10.2 Å². The molecule has 2 rings (SSSR count). The van der Waals surface area contributed by atoms with Crippen molar-refractivity contribution in [1.29, 1.82) is 0 Å². The van der Waals surface area contributed by atoms with Crippen LogP contribution in [0, 0.1) is 0 Å². The van der Waals surface area contributed by atoms with Crippen molar-refractivity contribution in [2.45, 2.75) is 70.9 Å². The van der Waals surface area contributed by atoms with Crippen molar-refractivity contribution in [3.05, 3.63) is 0 Å². The fraction of sp³-hybridized carbons (Fsp3) is 1.00. The highest BCUT2D eigenvalue weighted by Crippen LogP contribution is 2.19. The van der Waals surface area contributed by atoms with Crippen LogP contribution in [0.4, 0.5) is 0 Å². The van der Waals surface area contributed by atoms with E-state index in [9.17, 15) is 8.42 Å². The molecule has 2 saturated heterocycles. The minimum absolute atomic E-state index is 0.266. The van der Waals surface area contributed by atoms with E-state index in [-0.39, 0.29) is 6.04 Å². The minimum atomic E-state index is -3.30. The second-order valence-electron chi connectivity index (χ2n) is 6.60. The van der Waals surface area contributed by atoms with Crippen LogP contribution >= 0.6 is 0 Å². The predicted octanol–water partition coefficient (Wildman–Crippen LogP) is 1.96. The Morgan fingerprint density at radius 3 is 2.29 bits per heavy atom. The summed E-state index contributed by atoms with van der Waals surface area (Å²) in [5.74, 6) is 0. The highest BCUT2D eigenvalue weighted by molar-refractivity contribution is 7.87. The summed E-state index contributed by atoms with van der Waals surface area (Å²) in [5.41, 5.74) is 0. The Hall–Kier alpha value is -0.170. The third-order valence-electron chi connectivity index (χ3n) is 4.89. The first-order valence-electron chi connectivity index (χ1n) is 8.51. The second-order valence-corrected chi connectivity index (χ2v) is 8.35. The van der Waals surface area contributed by atoms with Gasteiger partial charge in [0.25, 0.3) is 10.2 Å². The third-order valence-corrected chi connectivity index (χ3v) is 6.46. The van der Waals surface area contributed by atoms with E-state index in [4.69, 9.17) is 0 Å². The van der Waals surface area contributed by atoms with Gasteiger partial charge < -0.3 is 0 Å². The highest BCUT2D eigenvalue weighted by Gasteiger charge is 2.26. The Bertz CT molecular complexity index is 405. The van der Waals surface area contributed by atoms with Crippen LogP contribution in [0.1, 0.15) is 58.8 Å². The molecule has 1 N–H and O–H groups in total. The molecule has 0 unspecified atom stereocenters. The minimum Gasteiger partial charge on any atom is -0.297 e. The number of hydrogen-bond donors (Lipinski definition) is 1. The van der Waals surface area contributed by atoms with Gasteiger partial charge in [0.15, 0.2) is 0 Å². The standard InChI is InChI=1S/C15H31N3O2S/c1-14-9-5-8-12-18(14)15(2)13-16-21(19,20)17-10-6-3-4-7-11-17/h14-16H,3-13H2,1-2H3/t14-,15-/m0/s1. The summed E-state index contributed by atoms with van der Waals surface area (Å²) >= 11 is 0. The Morgan fingerprint density at radius 2 is 1.67 bits per heavy atom. The maximum atomic E-state index is 12.4. The number of hydrogen-bond acceptors (Lipinski definition) is 3. The number of nitrogens with zero attached hydrogens (tertiary/aromatic N) is 2. The lowest BCUT2D eigenvalue weighted by molar-refractivity contribution is 0.116. The number of rotatable bonds is 5. The van der Waals surface area contributed by atoms with Crippen LogP contribution < -0.4 is 4.72 Å². The van der Waals surface area contributed by atoms with Crippen LogP contribution in [0.5, 0.6) is 0 Å². The van der Waals surface area contributed by atoms with E-state index in [0.717, 1.165) is 32.2 Å². The van der Waals surface area contributed by atoms with Gasteiger partial charge in [0.2, 0.25) is 0 Å². The SMILES string of the molecule is C[C@H]1CCCCN1[C@@H](C)CNS(=O)(=O)N1CCCCCC1. The smallest absolute Gasteiger partial charge is 0.279 e. The average Bonchev–Trinajstić information content (AvgIpc) is 2.75. The summed E-state index contributed by atoms with van der Waals surface area (Å²) in [7, 11) is -3.30. The predicted molar refractivity (Wildman–Crippen MR) is 86.4 cm³/mol. The summed E-state index contributed by atoms with van der Waals surface area (Å²) in [4.78, 5) is 2.44. The molecule has 0 aliphatic carbocycles. The molecule has 0 saturated carbocycles. The molecule has 0 spiro atoms. The van der Waals surface area contributed by atoms with Crippen LogP contribution in [0.25, 0.3) is 0 Å². The Labute approximate surface area is 130 Å². The molecule has 5 nitrogen and oxygen atoms in total. The van der Waals surface area contributed by atoms with Gasteiger partial charge >= 0.3 is 0 Å². The van der Waals surface area contributed by atoms with Gasteiger partial charge in [0.05, 0.1) is 0 Å². The summed E-state index contributed by atoms with van der Waals surface area (Å²) < 4.78 is 29.3. The fourth-order valence-corrected chi connectivity index (χ4v) is 4.86. The van der Waals surface area contributed by atoms with Gasteiger partial charge in [0.1, 0.15) is 0 Å². The Kier molecular flexibility index (Phi) is 6.47. The van der Waals surface area contributed by atoms with Gasteiger partial charge in [-0.3, -0.25) is 4.90 Å². The second kappa shape index (κ2) is 7.90. The number of likely N-dealkylation sites (tertiary alicyclic amines) is 1. The zero-order valence-corrected chi connectivity index (χ0v) is 14.4. The first-order valence-corrected chi connectivity index (χ1v) is 9.95. The molecule has 0 aromatic heterocycles. The van der Waals surface area contributed by atoms with E-state index in [1.54, 1.807) is 4.31 Å². The molecule has 2 atom stereocenters. The van der Waals surface area contributed by atoms with Crippen LogP contribution in [0.15, 0.2) is 0 Å². The van der Waals surface area contributed by atoms with Gasteiger partial charge in [-0.15, -0.1) is 0 Å². The van der Waals surface area contributed by atoms with Crippen molar-refractivity contribution in [2.24, 2.45) is 0 Å². The van der Waals surface area contributed by atoms with Gasteiger partial charge in [-0.2, -0.15) is 12.7 Å². The maximum absolute atomic E-state index is 12.4. The molecule has 124 valence electrons. The number of piperidine rings is 1. The highest BCUT2D eigenvalue weighted by atomic mass is 32.2. The topological polar surface area (TPSA) is 52.7 Å². The lowest BCUT2D eigenvalue weighted by atomic mass is 10.0. The molecule has 0 bridgehead atoms. The van der Waals surface area contributed by atoms with Crippen LogP contribution in [0.2, 0.25) is 0 Å². The molecule has 2 fully saturated rings. The Morgan fingerprint density at radius 1 is 1.05 bits per heavy atom.